The number of benzene rings is 1. The highest BCUT2D eigenvalue weighted by atomic mass is 16.5. The first-order valence-corrected chi connectivity index (χ1v) is 8.54. The lowest BCUT2D eigenvalue weighted by atomic mass is 9.93. The van der Waals surface area contributed by atoms with Gasteiger partial charge in [0.2, 0.25) is 5.91 Å². The van der Waals surface area contributed by atoms with Crippen molar-refractivity contribution in [3.8, 4) is 5.75 Å². The van der Waals surface area contributed by atoms with E-state index in [0.717, 1.165) is 12.8 Å². The average Bonchev–Trinajstić information content (AvgIpc) is 3.10. The highest BCUT2D eigenvalue weighted by Crippen LogP contribution is 2.38. The monoisotopic (exact) mass is 344 g/mol. The van der Waals surface area contributed by atoms with Crippen LogP contribution in [0.1, 0.15) is 26.7 Å². The normalized spacial score (nSPS) is 21.9. The predicted molar refractivity (Wildman–Crippen MR) is 95.9 cm³/mol. The molecule has 1 fully saturated rings. The fourth-order valence-corrected chi connectivity index (χ4v) is 3.04. The van der Waals surface area contributed by atoms with Gasteiger partial charge in [-0.15, -0.1) is 6.58 Å². The van der Waals surface area contributed by atoms with Gasteiger partial charge in [0.15, 0.2) is 0 Å². The standard InChI is InChI=1S/C19H24N2O4/c1-4-9-21-14-8-7-13(20-17(22)15-6-5-10-24-15)11-16(14)25-12-19(2,3)18(21)23/h4,7-8,11,15H,1,5-6,9-10,12H2,2-3H3,(H,20,22)/t15-/m1/s1. The van der Waals surface area contributed by atoms with Crippen LogP contribution in [0.5, 0.6) is 5.75 Å². The lowest BCUT2D eigenvalue weighted by molar-refractivity contribution is -0.127. The van der Waals surface area contributed by atoms with E-state index in [-0.39, 0.29) is 18.4 Å². The molecule has 0 aliphatic carbocycles. The molecule has 0 unspecified atom stereocenters. The molecule has 134 valence electrons. The molecule has 0 spiro atoms. The number of nitrogens with zero attached hydrogens (tertiary/aromatic N) is 1. The first kappa shape index (κ1) is 17.5. The number of carbonyl (C=O) groups excluding carboxylic acids is 2. The number of rotatable bonds is 4. The second-order valence-electron chi connectivity index (χ2n) is 7.05. The van der Waals surface area contributed by atoms with Crippen molar-refractivity contribution < 1.29 is 19.1 Å². The minimum atomic E-state index is -0.636. The molecule has 6 heteroatoms. The van der Waals surface area contributed by atoms with Gasteiger partial charge in [-0.3, -0.25) is 9.59 Å². The number of hydrogen-bond donors (Lipinski definition) is 1. The number of amides is 2. The van der Waals surface area contributed by atoms with E-state index in [9.17, 15) is 9.59 Å². The van der Waals surface area contributed by atoms with E-state index < -0.39 is 11.5 Å². The number of nitrogens with one attached hydrogen (secondary N) is 1. The Morgan fingerprint density at radius 3 is 2.96 bits per heavy atom. The lowest BCUT2D eigenvalue weighted by Gasteiger charge is -2.27. The maximum Gasteiger partial charge on any atom is 0.253 e. The third-order valence-electron chi connectivity index (χ3n) is 4.46. The van der Waals surface area contributed by atoms with Crippen molar-refractivity contribution in [3.63, 3.8) is 0 Å². The summed E-state index contributed by atoms with van der Waals surface area (Å²) in [6.07, 6.45) is 2.94. The van der Waals surface area contributed by atoms with Gasteiger partial charge in [0, 0.05) is 24.9 Å². The Kier molecular flexibility index (Phi) is 4.81. The van der Waals surface area contributed by atoms with Gasteiger partial charge in [0.1, 0.15) is 18.5 Å². The van der Waals surface area contributed by atoms with E-state index in [1.807, 2.05) is 13.8 Å². The smallest absolute Gasteiger partial charge is 0.253 e. The van der Waals surface area contributed by atoms with Crippen molar-refractivity contribution in [1.29, 1.82) is 0 Å². The number of ether oxygens (including phenoxy) is 2. The summed E-state index contributed by atoms with van der Waals surface area (Å²) in [5.41, 5.74) is 0.680. The van der Waals surface area contributed by atoms with Gasteiger partial charge in [-0.1, -0.05) is 6.08 Å². The summed E-state index contributed by atoms with van der Waals surface area (Å²) in [6.45, 7) is 8.75. The van der Waals surface area contributed by atoms with Crippen LogP contribution in [0.15, 0.2) is 30.9 Å². The van der Waals surface area contributed by atoms with Crippen LogP contribution in [0.4, 0.5) is 11.4 Å². The van der Waals surface area contributed by atoms with Gasteiger partial charge in [-0.05, 0) is 38.8 Å². The third kappa shape index (κ3) is 3.54. The van der Waals surface area contributed by atoms with E-state index in [0.29, 0.717) is 30.3 Å². The summed E-state index contributed by atoms with van der Waals surface area (Å²) < 4.78 is 11.3. The maximum atomic E-state index is 12.8. The Morgan fingerprint density at radius 1 is 1.48 bits per heavy atom. The van der Waals surface area contributed by atoms with Crippen LogP contribution in [0, 0.1) is 5.41 Å². The Morgan fingerprint density at radius 2 is 2.28 bits per heavy atom. The molecule has 2 aliphatic rings. The molecule has 1 aromatic rings. The Hall–Kier alpha value is -2.34. The van der Waals surface area contributed by atoms with Crippen molar-refractivity contribution in [3.05, 3.63) is 30.9 Å². The fraction of sp³-hybridized carbons (Fsp3) is 0.474. The molecule has 1 atom stereocenters. The lowest BCUT2D eigenvalue weighted by Crippen LogP contribution is -2.42. The SMILES string of the molecule is C=CCN1C(=O)C(C)(C)COc2cc(NC(=O)[C@H]3CCCO3)ccc21. The van der Waals surface area contributed by atoms with Gasteiger partial charge in [0.25, 0.3) is 5.91 Å². The highest BCUT2D eigenvalue weighted by molar-refractivity contribution is 6.00. The second kappa shape index (κ2) is 6.88. The largest absolute Gasteiger partial charge is 0.490 e. The second-order valence-corrected chi connectivity index (χ2v) is 7.05. The van der Waals surface area contributed by atoms with Gasteiger partial charge in [-0.25, -0.2) is 0 Å². The van der Waals surface area contributed by atoms with Crippen LogP contribution in [0.3, 0.4) is 0 Å². The minimum absolute atomic E-state index is 0.0118. The highest BCUT2D eigenvalue weighted by Gasteiger charge is 2.37. The molecule has 6 nitrogen and oxygen atoms in total. The third-order valence-corrected chi connectivity index (χ3v) is 4.46. The van der Waals surface area contributed by atoms with Crippen LogP contribution in [-0.4, -0.2) is 37.7 Å². The Bertz CT molecular complexity index is 693. The molecule has 2 heterocycles. The molecule has 2 aliphatic heterocycles. The molecule has 0 bridgehead atoms. The van der Waals surface area contributed by atoms with Crippen LogP contribution in [0.25, 0.3) is 0 Å². The first-order valence-electron chi connectivity index (χ1n) is 8.54. The van der Waals surface area contributed by atoms with Crippen LogP contribution >= 0.6 is 0 Å². The van der Waals surface area contributed by atoms with Crippen LogP contribution in [-0.2, 0) is 14.3 Å². The summed E-state index contributed by atoms with van der Waals surface area (Å²) in [5.74, 6) is 0.415. The van der Waals surface area contributed by atoms with E-state index in [2.05, 4.69) is 11.9 Å². The zero-order valence-corrected chi connectivity index (χ0v) is 14.7. The van der Waals surface area contributed by atoms with E-state index in [1.165, 1.54) is 0 Å². The molecule has 2 amide bonds. The number of carbonyl (C=O) groups is 2. The van der Waals surface area contributed by atoms with Crippen molar-refractivity contribution in [2.45, 2.75) is 32.8 Å². The Labute approximate surface area is 147 Å². The predicted octanol–water partition coefficient (Wildman–Crippen LogP) is 2.74. The molecule has 1 N–H and O–H groups in total. The molecular formula is C19H24N2O4. The zero-order chi connectivity index (χ0) is 18.0. The molecule has 3 rings (SSSR count). The molecule has 0 radical (unpaired) electrons. The molecule has 1 aromatic carbocycles. The quantitative estimate of drug-likeness (QED) is 0.853. The van der Waals surface area contributed by atoms with Gasteiger partial charge in [0.05, 0.1) is 11.1 Å². The Balaban J connectivity index is 1.86. The molecular weight excluding hydrogens is 320 g/mol. The van der Waals surface area contributed by atoms with Gasteiger partial charge < -0.3 is 19.7 Å². The minimum Gasteiger partial charge on any atom is -0.490 e. The van der Waals surface area contributed by atoms with Crippen molar-refractivity contribution in [2.75, 3.05) is 30.0 Å². The first-order chi connectivity index (χ1) is 11.9. The van der Waals surface area contributed by atoms with Crippen LogP contribution < -0.4 is 15.0 Å². The fourth-order valence-electron chi connectivity index (χ4n) is 3.04. The van der Waals surface area contributed by atoms with Gasteiger partial charge in [-0.2, -0.15) is 0 Å². The molecule has 1 saturated heterocycles. The average molecular weight is 344 g/mol. The van der Waals surface area contributed by atoms with E-state index in [1.54, 1.807) is 29.2 Å². The zero-order valence-electron chi connectivity index (χ0n) is 14.7. The van der Waals surface area contributed by atoms with Crippen molar-refractivity contribution in [2.24, 2.45) is 5.41 Å². The summed E-state index contributed by atoms with van der Waals surface area (Å²) in [4.78, 5) is 26.7. The summed E-state index contributed by atoms with van der Waals surface area (Å²) in [6, 6.07) is 5.33. The van der Waals surface area contributed by atoms with E-state index in [4.69, 9.17) is 9.47 Å². The van der Waals surface area contributed by atoms with Crippen molar-refractivity contribution in [1.82, 2.24) is 0 Å². The molecule has 0 saturated carbocycles. The maximum absolute atomic E-state index is 12.8. The summed E-state index contributed by atoms with van der Waals surface area (Å²) >= 11 is 0. The van der Waals surface area contributed by atoms with Crippen LogP contribution in [0.2, 0.25) is 0 Å². The molecule has 0 aromatic heterocycles. The van der Waals surface area contributed by atoms with E-state index >= 15 is 0 Å². The topological polar surface area (TPSA) is 67.9 Å². The number of fused-ring (bicyclic) bond motifs is 1. The number of hydrogen-bond acceptors (Lipinski definition) is 4. The summed E-state index contributed by atoms with van der Waals surface area (Å²) in [7, 11) is 0. The van der Waals surface area contributed by atoms with Crippen molar-refractivity contribution >= 4 is 23.2 Å². The van der Waals surface area contributed by atoms with Gasteiger partial charge >= 0.3 is 0 Å². The number of anilines is 2. The summed E-state index contributed by atoms with van der Waals surface area (Å²) in [5, 5.41) is 2.87. The molecule has 25 heavy (non-hydrogen) atoms.